The first kappa shape index (κ1) is 22.2. The number of alkyl halides is 1. The number of aryl methyl sites for hydroxylation is 1. The molecule has 1 N–H and O–H groups in total. The molecule has 1 unspecified atom stereocenters. The van der Waals surface area contributed by atoms with Gasteiger partial charge >= 0.3 is 0 Å². The van der Waals surface area contributed by atoms with Crippen molar-refractivity contribution in [2.45, 2.75) is 32.2 Å². The van der Waals surface area contributed by atoms with E-state index in [0.717, 1.165) is 55.3 Å². The molecule has 2 fully saturated rings. The van der Waals surface area contributed by atoms with Crippen LogP contribution in [0.5, 0.6) is 0 Å². The molecule has 0 radical (unpaired) electrons. The summed E-state index contributed by atoms with van der Waals surface area (Å²) in [4.78, 5) is 53.5. The van der Waals surface area contributed by atoms with Gasteiger partial charge in [-0.2, -0.15) is 0 Å². The molecule has 1 aromatic rings. The van der Waals surface area contributed by atoms with Gasteiger partial charge < -0.3 is 4.90 Å². The monoisotopic (exact) mass is 434 g/mol. The summed E-state index contributed by atoms with van der Waals surface area (Å²) in [5.74, 6) is -0.869. The maximum absolute atomic E-state index is 13.0. The number of imide groups is 2. The molecule has 2 saturated heterocycles. The van der Waals surface area contributed by atoms with E-state index in [9.17, 15) is 19.2 Å². The van der Waals surface area contributed by atoms with Crippen molar-refractivity contribution in [2.24, 2.45) is 0 Å². The van der Waals surface area contributed by atoms with Crippen LogP contribution in [-0.2, 0) is 14.4 Å². The Labute approximate surface area is 181 Å². The molecule has 1 atom stereocenters. The van der Waals surface area contributed by atoms with E-state index in [2.05, 4.69) is 15.1 Å². The lowest BCUT2D eigenvalue weighted by Gasteiger charge is -2.36. The number of nitrogens with zero attached hydrogens (tertiary/aromatic N) is 3. The third-order valence-electron chi connectivity index (χ3n) is 5.68. The van der Waals surface area contributed by atoms with Crippen molar-refractivity contribution in [2.75, 3.05) is 43.5 Å². The highest BCUT2D eigenvalue weighted by atomic mass is 35.5. The lowest BCUT2D eigenvalue weighted by atomic mass is 10.0. The Kier molecular flexibility index (Phi) is 7.44. The van der Waals surface area contributed by atoms with Crippen molar-refractivity contribution in [1.82, 2.24) is 15.1 Å². The second kappa shape index (κ2) is 10.0. The highest BCUT2D eigenvalue weighted by molar-refractivity contribution is 6.17. The second-order valence-electron chi connectivity index (χ2n) is 7.66. The van der Waals surface area contributed by atoms with Crippen LogP contribution >= 0.6 is 11.6 Å². The normalized spacial score (nSPS) is 20.1. The smallest absolute Gasteiger partial charge is 0.261 e. The molecule has 2 aliphatic heterocycles. The van der Waals surface area contributed by atoms with Gasteiger partial charge in [-0.15, -0.1) is 11.6 Å². The van der Waals surface area contributed by atoms with Gasteiger partial charge in [0.25, 0.3) is 5.91 Å². The summed E-state index contributed by atoms with van der Waals surface area (Å²) in [7, 11) is 0. The maximum Gasteiger partial charge on any atom is 0.261 e. The average Bonchev–Trinajstić information content (AvgIpc) is 2.74. The third kappa shape index (κ3) is 4.99. The summed E-state index contributed by atoms with van der Waals surface area (Å²) < 4.78 is 0. The number of halogens is 1. The van der Waals surface area contributed by atoms with Crippen molar-refractivity contribution in [3.63, 3.8) is 0 Å². The molecule has 2 aliphatic rings. The van der Waals surface area contributed by atoms with Crippen LogP contribution in [-0.4, -0.2) is 78.6 Å². The number of carbonyl (C=O) groups excluding carboxylic acids is 4. The van der Waals surface area contributed by atoms with Gasteiger partial charge in [-0.25, -0.2) is 0 Å². The first-order chi connectivity index (χ1) is 14.4. The van der Waals surface area contributed by atoms with E-state index >= 15 is 0 Å². The summed E-state index contributed by atoms with van der Waals surface area (Å²) in [6, 6.07) is 4.56. The van der Waals surface area contributed by atoms with Crippen LogP contribution in [0, 0.1) is 6.92 Å². The molecule has 30 heavy (non-hydrogen) atoms. The van der Waals surface area contributed by atoms with E-state index in [-0.39, 0.29) is 12.8 Å². The number of piperidine rings is 1. The predicted octanol–water partition coefficient (Wildman–Crippen LogP) is 1.15. The standard InChI is InChI=1S/C21H27ClN4O4/c1-15-13-16(25-11-9-24(10-12-25)8-2-7-22)3-4-17(15)21(30)26(14-27)18-5-6-19(28)23-20(18)29/h3-4,13-14,18H,2,5-12H2,1H3,(H,23,28,29). The molecular weight excluding hydrogens is 408 g/mol. The number of amides is 4. The molecule has 0 aromatic heterocycles. The molecule has 0 bridgehead atoms. The van der Waals surface area contributed by atoms with E-state index in [1.165, 1.54) is 0 Å². The topological polar surface area (TPSA) is 90.0 Å². The lowest BCUT2D eigenvalue weighted by molar-refractivity contribution is -0.139. The van der Waals surface area contributed by atoms with Crippen LogP contribution in [0.15, 0.2) is 18.2 Å². The quantitative estimate of drug-likeness (QED) is 0.393. The molecule has 2 heterocycles. The fourth-order valence-corrected chi connectivity index (χ4v) is 4.07. The zero-order valence-corrected chi connectivity index (χ0v) is 17.9. The van der Waals surface area contributed by atoms with Gasteiger partial charge in [0.1, 0.15) is 6.04 Å². The molecule has 4 amide bonds. The Morgan fingerprint density at radius 2 is 2.00 bits per heavy atom. The number of nitrogens with one attached hydrogen (secondary N) is 1. The maximum atomic E-state index is 13.0. The van der Waals surface area contributed by atoms with Crippen molar-refractivity contribution >= 4 is 41.4 Å². The van der Waals surface area contributed by atoms with Crippen LogP contribution in [0.2, 0.25) is 0 Å². The fraction of sp³-hybridized carbons (Fsp3) is 0.524. The summed E-state index contributed by atoms with van der Waals surface area (Å²) in [5, 5.41) is 2.18. The molecule has 0 spiro atoms. The van der Waals surface area contributed by atoms with Gasteiger partial charge in [0.2, 0.25) is 18.2 Å². The average molecular weight is 435 g/mol. The lowest BCUT2D eigenvalue weighted by Crippen LogP contribution is -2.53. The Balaban J connectivity index is 1.68. The predicted molar refractivity (Wildman–Crippen MR) is 114 cm³/mol. The molecule has 8 nitrogen and oxygen atoms in total. The molecule has 0 saturated carbocycles. The van der Waals surface area contributed by atoms with E-state index in [0.29, 0.717) is 17.9 Å². The number of anilines is 1. The largest absolute Gasteiger partial charge is 0.369 e. The molecule has 0 aliphatic carbocycles. The van der Waals surface area contributed by atoms with Crippen molar-refractivity contribution in [3.05, 3.63) is 29.3 Å². The summed E-state index contributed by atoms with van der Waals surface area (Å²) in [6.07, 6.45) is 1.59. The Bertz CT molecular complexity index is 823. The SMILES string of the molecule is Cc1cc(N2CCN(CCCCl)CC2)ccc1C(=O)N(C=O)C1CCC(=O)NC1=O. The number of benzene rings is 1. The number of rotatable bonds is 7. The zero-order valence-electron chi connectivity index (χ0n) is 17.1. The minimum Gasteiger partial charge on any atom is -0.369 e. The minimum atomic E-state index is -0.965. The van der Waals surface area contributed by atoms with Crippen molar-refractivity contribution in [3.8, 4) is 0 Å². The van der Waals surface area contributed by atoms with Gasteiger partial charge in [-0.3, -0.25) is 34.3 Å². The van der Waals surface area contributed by atoms with Gasteiger partial charge in [0, 0.05) is 49.7 Å². The number of hydrogen-bond donors (Lipinski definition) is 1. The summed E-state index contributed by atoms with van der Waals surface area (Å²) in [5.41, 5.74) is 2.14. The van der Waals surface area contributed by atoms with E-state index < -0.39 is 23.8 Å². The van der Waals surface area contributed by atoms with E-state index in [4.69, 9.17) is 11.6 Å². The zero-order chi connectivity index (χ0) is 21.7. The Morgan fingerprint density at radius 1 is 1.27 bits per heavy atom. The van der Waals surface area contributed by atoms with Gasteiger partial charge in [-0.1, -0.05) is 0 Å². The van der Waals surface area contributed by atoms with E-state index in [1.807, 2.05) is 19.1 Å². The number of carbonyl (C=O) groups is 4. The first-order valence-electron chi connectivity index (χ1n) is 10.2. The highest BCUT2D eigenvalue weighted by Crippen LogP contribution is 2.23. The van der Waals surface area contributed by atoms with Crippen molar-refractivity contribution < 1.29 is 19.2 Å². The summed E-state index contributed by atoms with van der Waals surface area (Å²) >= 11 is 5.77. The van der Waals surface area contributed by atoms with Crippen LogP contribution in [0.4, 0.5) is 5.69 Å². The second-order valence-corrected chi connectivity index (χ2v) is 8.03. The molecule has 1 aromatic carbocycles. The van der Waals surface area contributed by atoms with Crippen LogP contribution < -0.4 is 10.2 Å². The first-order valence-corrected chi connectivity index (χ1v) is 10.7. The summed E-state index contributed by atoms with van der Waals surface area (Å²) in [6.45, 7) is 6.54. The molecule has 162 valence electrons. The van der Waals surface area contributed by atoms with Gasteiger partial charge in [0.15, 0.2) is 0 Å². The van der Waals surface area contributed by atoms with Gasteiger partial charge in [0.05, 0.1) is 0 Å². The minimum absolute atomic E-state index is 0.100. The Hall–Kier alpha value is -2.45. The third-order valence-corrected chi connectivity index (χ3v) is 5.95. The van der Waals surface area contributed by atoms with E-state index in [1.54, 1.807) is 6.07 Å². The van der Waals surface area contributed by atoms with Crippen molar-refractivity contribution in [1.29, 1.82) is 0 Å². The van der Waals surface area contributed by atoms with Crippen LogP contribution in [0.3, 0.4) is 0 Å². The molecule has 9 heteroatoms. The van der Waals surface area contributed by atoms with Gasteiger partial charge in [-0.05, 0) is 50.1 Å². The fourth-order valence-electron chi connectivity index (χ4n) is 3.95. The van der Waals surface area contributed by atoms with Crippen LogP contribution in [0.25, 0.3) is 0 Å². The highest BCUT2D eigenvalue weighted by Gasteiger charge is 2.35. The number of piperazine rings is 1. The molecule has 3 rings (SSSR count). The number of hydrogen-bond acceptors (Lipinski definition) is 6. The Morgan fingerprint density at radius 3 is 2.60 bits per heavy atom. The molecular formula is C21H27ClN4O4. The van der Waals surface area contributed by atoms with Crippen LogP contribution in [0.1, 0.15) is 35.2 Å².